The summed E-state index contributed by atoms with van der Waals surface area (Å²) in [6, 6.07) is 3.52. The molecular weight excluding hydrogens is 288 g/mol. The van der Waals surface area contributed by atoms with Crippen LogP contribution in [0.1, 0.15) is 42.3 Å². The zero-order valence-corrected chi connectivity index (χ0v) is 12.9. The number of thiophene rings is 1. The number of anilines is 1. The molecule has 6 heteroatoms. The SMILES string of the molecule is CCCC1(O)CN(C(=O)c2ccc(NC(=O)C3CC3)s2)C1. The van der Waals surface area contributed by atoms with Crippen LogP contribution in [0.4, 0.5) is 5.00 Å². The maximum absolute atomic E-state index is 12.3. The van der Waals surface area contributed by atoms with E-state index >= 15 is 0 Å². The van der Waals surface area contributed by atoms with Crippen molar-refractivity contribution in [3.8, 4) is 0 Å². The van der Waals surface area contributed by atoms with Crippen LogP contribution in [-0.4, -0.2) is 40.5 Å². The first-order chi connectivity index (χ1) is 10.0. The fourth-order valence-electron chi connectivity index (χ4n) is 2.68. The molecule has 0 radical (unpaired) electrons. The van der Waals surface area contributed by atoms with E-state index in [1.807, 2.05) is 6.92 Å². The van der Waals surface area contributed by atoms with Crippen molar-refractivity contribution in [3.05, 3.63) is 17.0 Å². The molecule has 0 unspecified atom stereocenters. The summed E-state index contributed by atoms with van der Waals surface area (Å²) in [5.41, 5.74) is -0.704. The van der Waals surface area contributed by atoms with Crippen LogP contribution in [0.5, 0.6) is 0 Å². The molecule has 5 nitrogen and oxygen atoms in total. The Morgan fingerprint density at radius 3 is 2.76 bits per heavy atom. The third-order valence-electron chi connectivity index (χ3n) is 3.98. The van der Waals surface area contributed by atoms with Gasteiger partial charge in [-0.3, -0.25) is 9.59 Å². The Morgan fingerprint density at radius 2 is 2.14 bits per heavy atom. The molecule has 3 rings (SSSR count). The summed E-state index contributed by atoms with van der Waals surface area (Å²) < 4.78 is 0. The van der Waals surface area contributed by atoms with Crippen LogP contribution in [0.25, 0.3) is 0 Å². The molecule has 2 heterocycles. The second-order valence-electron chi connectivity index (χ2n) is 6.06. The number of nitrogens with one attached hydrogen (secondary N) is 1. The molecule has 1 aromatic rings. The molecule has 21 heavy (non-hydrogen) atoms. The number of hydrogen-bond donors (Lipinski definition) is 2. The van der Waals surface area contributed by atoms with Crippen LogP contribution in [0.2, 0.25) is 0 Å². The van der Waals surface area contributed by atoms with Gasteiger partial charge in [-0.25, -0.2) is 0 Å². The number of aliphatic hydroxyl groups is 1. The van der Waals surface area contributed by atoms with Gasteiger partial charge in [0, 0.05) is 5.92 Å². The Labute approximate surface area is 128 Å². The highest BCUT2D eigenvalue weighted by molar-refractivity contribution is 7.18. The van der Waals surface area contributed by atoms with Gasteiger partial charge in [-0.1, -0.05) is 13.3 Å². The summed E-state index contributed by atoms with van der Waals surface area (Å²) in [7, 11) is 0. The number of β-amino-alcohol motifs (C(OH)–C–C–N with tert-alkyl or cyclic N) is 1. The fraction of sp³-hybridized carbons (Fsp3) is 0.600. The number of rotatable bonds is 5. The number of amides is 2. The lowest BCUT2D eigenvalue weighted by Gasteiger charge is -2.46. The minimum atomic E-state index is -0.704. The van der Waals surface area contributed by atoms with Gasteiger partial charge in [0.1, 0.15) is 0 Å². The molecule has 2 amide bonds. The van der Waals surface area contributed by atoms with E-state index in [2.05, 4.69) is 5.32 Å². The molecule has 1 aliphatic heterocycles. The van der Waals surface area contributed by atoms with Crippen molar-refractivity contribution in [2.75, 3.05) is 18.4 Å². The quantitative estimate of drug-likeness (QED) is 0.875. The molecule has 2 N–H and O–H groups in total. The molecule has 114 valence electrons. The predicted molar refractivity (Wildman–Crippen MR) is 81.4 cm³/mol. The highest BCUT2D eigenvalue weighted by Crippen LogP contribution is 2.33. The van der Waals surface area contributed by atoms with Crippen molar-refractivity contribution in [2.24, 2.45) is 5.92 Å². The highest BCUT2D eigenvalue weighted by Gasteiger charge is 2.43. The topological polar surface area (TPSA) is 69.6 Å². The number of nitrogens with zero attached hydrogens (tertiary/aromatic N) is 1. The summed E-state index contributed by atoms with van der Waals surface area (Å²) in [4.78, 5) is 26.2. The maximum atomic E-state index is 12.3. The van der Waals surface area contributed by atoms with E-state index in [1.165, 1.54) is 11.3 Å². The van der Waals surface area contributed by atoms with Gasteiger partial charge in [-0.2, -0.15) is 0 Å². The normalized spacial score (nSPS) is 20.0. The van der Waals surface area contributed by atoms with Crippen LogP contribution in [0.15, 0.2) is 12.1 Å². The fourth-order valence-corrected chi connectivity index (χ4v) is 3.55. The van der Waals surface area contributed by atoms with Crippen LogP contribution in [-0.2, 0) is 4.79 Å². The highest BCUT2D eigenvalue weighted by atomic mass is 32.1. The zero-order valence-electron chi connectivity index (χ0n) is 12.1. The Morgan fingerprint density at radius 1 is 1.43 bits per heavy atom. The molecule has 2 fully saturated rings. The van der Waals surface area contributed by atoms with Gasteiger partial charge in [0.25, 0.3) is 5.91 Å². The van der Waals surface area contributed by atoms with Gasteiger partial charge in [-0.05, 0) is 31.4 Å². The maximum Gasteiger partial charge on any atom is 0.264 e. The number of hydrogen-bond acceptors (Lipinski definition) is 4. The monoisotopic (exact) mass is 308 g/mol. The van der Waals surface area contributed by atoms with Crippen molar-refractivity contribution in [1.82, 2.24) is 4.90 Å². The van der Waals surface area contributed by atoms with E-state index < -0.39 is 5.60 Å². The Bertz CT molecular complexity index is 559. The van der Waals surface area contributed by atoms with E-state index in [4.69, 9.17) is 0 Å². The molecule has 2 aliphatic rings. The van der Waals surface area contributed by atoms with Gasteiger partial charge in [0.2, 0.25) is 5.91 Å². The van der Waals surface area contributed by atoms with Gasteiger partial charge < -0.3 is 15.3 Å². The van der Waals surface area contributed by atoms with Crippen molar-refractivity contribution in [3.63, 3.8) is 0 Å². The first kappa shape index (κ1) is 14.5. The summed E-state index contributed by atoms with van der Waals surface area (Å²) in [5, 5.41) is 13.7. The summed E-state index contributed by atoms with van der Waals surface area (Å²) >= 11 is 1.30. The van der Waals surface area contributed by atoms with E-state index in [0.717, 1.165) is 30.7 Å². The molecule has 0 atom stereocenters. The summed E-state index contributed by atoms with van der Waals surface area (Å²) in [5.74, 6) is 0.149. The Kier molecular flexibility index (Phi) is 3.75. The molecule has 0 spiro atoms. The first-order valence-corrected chi connectivity index (χ1v) is 8.25. The summed E-state index contributed by atoms with van der Waals surface area (Å²) in [6.07, 6.45) is 3.57. The molecular formula is C15H20N2O3S. The van der Waals surface area contributed by atoms with E-state index in [0.29, 0.717) is 18.0 Å². The first-order valence-electron chi connectivity index (χ1n) is 7.43. The second-order valence-corrected chi connectivity index (χ2v) is 7.15. The molecule has 1 saturated carbocycles. The van der Waals surface area contributed by atoms with Gasteiger partial charge >= 0.3 is 0 Å². The number of carbonyl (C=O) groups excluding carboxylic acids is 2. The summed E-state index contributed by atoms with van der Waals surface area (Å²) in [6.45, 7) is 2.83. The smallest absolute Gasteiger partial charge is 0.264 e. The lowest BCUT2D eigenvalue weighted by atomic mass is 9.89. The number of carbonyl (C=O) groups is 2. The average Bonchev–Trinajstić information content (AvgIpc) is 3.16. The minimum Gasteiger partial charge on any atom is -0.386 e. The molecule has 1 aliphatic carbocycles. The third-order valence-corrected chi connectivity index (χ3v) is 4.97. The van der Waals surface area contributed by atoms with Crippen LogP contribution in [0.3, 0.4) is 0 Å². The second kappa shape index (κ2) is 5.42. The van der Waals surface area contributed by atoms with Gasteiger partial charge in [-0.15, -0.1) is 11.3 Å². The van der Waals surface area contributed by atoms with E-state index in [-0.39, 0.29) is 17.7 Å². The average molecular weight is 308 g/mol. The zero-order chi connectivity index (χ0) is 15.0. The van der Waals surface area contributed by atoms with Crippen molar-refractivity contribution in [1.29, 1.82) is 0 Å². The third kappa shape index (κ3) is 3.11. The van der Waals surface area contributed by atoms with Crippen LogP contribution >= 0.6 is 11.3 Å². The Balaban J connectivity index is 1.56. The van der Waals surface area contributed by atoms with Crippen LogP contribution < -0.4 is 5.32 Å². The largest absolute Gasteiger partial charge is 0.386 e. The van der Waals surface area contributed by atoms with Crippen molar-refractivity contribution in [2.45, 2.75) is 38.2 Å². The van der Waals surface area contributed by atoms with E-state index in [9.17, 15) is 14.7 Å². The lowest BCUT2D eigenvalue weighted by Crippen LogP contribution is -2.63. The Hall–Kier alpha value is -1.40. The minimum absolute atomic E-state index is 0.0529. The standard InChI is InChI=1S/C15H20N2O3S/c1-2-7-15(20)8-17(9-15)14(19)11-5-6-12(21-11)16-13(18)10-3-4-10/h5-6,10,20H,2-4,7-9H2,1H3,(H,16,18). The van der Waals surface area contributed by atoms with Gasteiger partial charge in [0.05, 0.1) is 28.6 Å². The van der Waals surface area contributed by atoms with Crippen molar-refractivity contribution < 1.29 is 14.7 Å². The molecule has 1 aromatic heterocycles. The van der Waals surface area contributed by atoms with Crippen molar-refractivity contribution >= 4 is 28.2 Å². The van der Waals surface area contributed by atoms with E-state index in [1.54, 1.807) is 17.0 Å². The molecule has 1 saturated heterocycles. The lowest BCUT2D eigenvalue weighted by molar-refractivity contribution is -0.117. The predicted octanol–water partition coefficient (Wildman–Crippen LogP) is 2.08. The molecule has 0 aromatic carbocycles. The molecule has 0 bridgehead atoms. The van der Waals surface area contributed by atoms with Crippen LogP contribution in [0, 0.1) is 5.92 Å². The number of likely N-dealkylation sites (tertiary alicyclic amines) is 1. The van der Waals surface area contributed by atoms with Gasteiger partial charge in [0.15, 0.2) is 0 Å².